The minimum absolute atomic E-state index is 0.214. The Labute approximate surface area is 72.3 Å². The molecule has 1 rings (SSSR count). The van der Waals surface area contributed by atoms with Crippen LogP contribution in [0.4, 0.5) is 0 Å². The summed E-state index contributed by atoms with van der Waals surface area (Å²) in [5, 5.41) is 2.74. The lowest BCUT2D eigenvalue weighted by atomic mass is 10.2. The SMILES string of the molecule is CCOC=O.O=C1CCCCN1. The highest BCUT2D eigenvalue weighted by Crippen LogP contribution is 1.98. The molecule has 1 saturated heterocycles. The summed E-state index contributed by atoms with van der Waals surface area (Å²) in [5.41, 5.74) is 0. The van der Waals surface area contributed by atoms with Gasteiger partial charge in [-0.3, -0.25) is 9.59 Å². The molecule has 1 aliphatic rings. The Morgan fingerprint density at radius 3 is 2.50 bits per heavy atom. The molecule has 0 aromatic heterocycles. The molecule has 1 amide bonds. The second-order valence-corrected chi connectivity index (χ2v) is 2.36. The summed E-state index contributed by atoms with van der Waals surface area (Å²) in [5.74, 6) is 0.214. The van der Waals surface area contributed by atoms with Gasteiger partial charge in [-0.1, -0.05) is 0 Å². The highest BCUT2D eigenvalue weighted by molar-refractivity contribution is 5.76. The van der Waals surface area contributed by atoms with E-state index >= 15 is 0 Å². The van der Waals surface area contributed by atoms with Gasteiger partial charge in [0.25, 0.3) is 6.47 Å². The van der Waals surface area contributed by atoms with Crippen molar-refractivity contribution in [3.63, 3.8) is 0 Å². The molecule has 12 heavy (non-hydrogen) atoms. The lowest BCUT2D eigenvalue weighted by Gasteiger charge is -2.08. The number of carbonyl (C=O) groups excluding carboxylic acids is 2. The monoisotopic (exact) mass is 173 g/mol. The van der Waals surface area contributed by atoms with Gasteiger partial charge >= 0.3 is 0 Å². The molecule has 0 aliphatic carbocycles. The second-order valence-electron chi connectivity index (χ2n) is 2.36. The van der Waals surface area contributed by atoms with Crippen LogP contribution in [-0.2, 0) is 14.3 Å². The second kappa shape index (κ2) is 8.04. The Bertz CT molecular complexity index is 128. The molecular weight excluding hydrogens is 158 g/mol. The minimum Gasteiger partial charge on any atom is -0.468 e. The summed E-state index contributed by atoms with van der Waals surface area (Å²) < 4.78 is 4.15. The molecule has 4 nitrogen and oxygen atoms in total. The van der Waals surface area contributed by atoms with Gasteiger partial charge in [-0.05, 0) is 19.8 Å². The number of carbonyl (C=O) groups is 2. The Morgan fingerprint density at radius 1 is 1.58 bits per heavy atom. The standard InChI is InChI=1S/C5H9NO.C3H6O2/c7-5-3-1-2-4-6-5;1-2-5-3-4/h1-4H2,(H,6,7);3H,2H2,1H3. The molecule has 0 spiro atoms. The summed E-state index contributed by atoms with van der Waals surface area (Å²) in [6, 6.07) is 0. The highest BCUT2D eigenvalue weighted by Gasteiger charge is 2.04. The van der Waals surface area contributed by atoms with Gasteiger partial charge in [0.2, 0.25) is 5.91 Å². The number of rotatable bonds is 2. The van der Waals surface area contributed by atoms with Gasteiger partial charge in [0.1, 0.15) is 0 Å². The quantitative estimate of drug-likeness (QED) is 0.617. The number of ether oxygens (including phenoxy) is 1. The van der Waals surface area contributed by atoms with Crippen molar-refractivity contribution in [1.29, 1.82) is 0 Å². The van der Waals surface area contributed by atoms with E-state index in [1.165, 1.54) is 0 Å². The molecule has 0 unspecified atom stereocenters. The summed E-state index contributed by atoms with van der Waals surface area (Å²) in [6.07, 6.45) is 2.97. The van der Waals surface area contributed by atoms with Gasteiger partial charge in [0, 0.05) is 13.0 Å². The van der Waals surface area contributed by atoms with Crippen LogP contribution in [0.1, 0.15) is 26.2 Å². The molecule has 1 N–H and O–H groups in total. The molecule has 0 saturated carbocycles. The Balaban J connectivity index is 0.000000217. The lowest BCUT2D eigenvalue weighted by molar-refractivity contribution is -0.128. The van der Waals surface area contributed by atoms with Gasteiger partial charge < -0.3 is 10.1 Å². The fourth-order valence-corrected chi connectivity index (χ4v) is 0.795. The molecule has 1 fully saturated rings. The van der Waals surface area contributed by atoms with Crippen LogP contribution in [0.3, 0.4) is 0 Å². The average Bonchev–Trinajstić information content (AvgIpc) is 2.08. The van der Waals surface area contributed by atoms with Crippen molar-refractivity contribution >= 4 is 12.4 Å². The smallest absolute Gasteiger partial charge is 0.293 e. The lowest BCUT2D eigenvalue weighted by Crippen LogP contribution is -2.28. The van der Waals surface area contributed by atoms with E-state index in [4.69, 9.17) is 0 Å². The van der Waals surface area contributed by atoms with Crippen LogP contribution in [0.2, 0.25) is 0 Å². The van der Waals surface area contributed by atoms with Crippen molar-refractivity contribution in [3.8, 4) is 0 Å². The van der Waals surface area contributed by atoms with Crippen molar-refractivity contribution in [3.05, 3.63) is 0 Å². The maximum absolute atomic E-state index is 10.4. The van der Waals surface area contributed by atoms with Crippen LogP contribution >= 0.6 is 0 Å². The van der Waals surface area contributed by atoms with E-state index in [1.54, 1.807) is 6.92 Å². The first kappa shape index (κ1) is 10.9. The summed E-state index contributed by atoms with van der Waals surface area (Å²) in [6.45, 7) is 3.55. The fraction of sp³-hybridized carbons (Fsp3) is 0.750. The molecular formula is C8H15NO3. The maximum atomic E-state index is 10.4. The molecule has 0 bridgehead atoms. The van der Waals surface area contributed by atoms with Crippen LogP contribution in [0.25, 0.3) is 0 Å². The normalized spacial score (nSPS) is 15.2. The molecule has 4 heteroatoms. The first-order valence-corrected chi connectivity index (χ1v) is 4.13. The van der Waals surface area contributed by atoms with Crippen LogP contribution in [0, 0.1) is 0 Å². The van der Waals surface area contributed by atoms with Crippen LogP contribution in [0.5, 0.6) is 0 Å². The van der Waals surface area contributed by atoms with E-state index in [0.29, 0.717) is 13.1 Å². The van der Waals surface area contributed by atoms with Crippen LogP contribution in [-0.4, -0.2) is 25.5 Å². The van der Waals surface area contributed by atoms with Crippen LogP contribution < -0.4 is 5.32 Å². The molecule has 70 valence electrons. The van der Waals surface area contributed by atoms with E-state index in [9.17, 15) is 9.59 Å². The minimum atomic E-state index is 0.214. The average molecular weight is 173 g/mol. The maximum Gasteiger partial charge on any atom is 0.293 e. The predicted molar refractivity (Wildman–Crippen MR) is 44.6 cm³/mol. The van der Waals surface area contributed by atoms with E-state index in [0.717, 1.165) is 25.8 Å². The van der Waals surface area contributed by atoms with Gasteiger partial charge in [-0.2, -0.15) is 0 Å². The van der Waals surface area contributed by atoms with Crippen molar-refractivity contribution in [2.45, 2.75) is 26.2 Å². The molecule has 1 heterocycles. The van der Waals surface area contributed by atoms with Crippen LogP contribution in [0.15, 0.2) is 0 Å². The molecule has 0 aromatic carbocycles. The molecule has 1 aliphatic heterocycles. The van der Waals surface area contributed by atoms with E-state index in [1.807, 2.05) is 0 Å². The number of nitrogens with one attached hydrogen (secondary N) is 1. The highest BCUT2D eigenvalue weighted by atomic mass is 16.5. The van der Waals surface area contributed by atoms with Crippen molar-refractivity contribution in [2.75, 3.05) is 13.2 Å². The van der Waals surface area contributed by atoms with E-state index in [-0.39, 0.29) is 5.91 Å². The molecule has 0 radical (unpaired) electrons. The number of hydrogen-bond acceptors (Lipinski definition) is 3. The Hall–Kier alpha value is -1.06. The zero-order valence-corrected chi connectivity index (χ0v) is 7.34. The predicted octanol–water partition coefficient (Wildman–Crippen LogP) is 0.466. The first-order valence-electron chi connectivity index (χ1n) is 4.13. The molecule has 0 aromatic rings. The van der Waals surface area contributed by atoms with Gasteiger partial charge in [0.15, 0.2) is 0 Å². The van der Waals surface area contributed by atoms with Crippen molar-refractivity contribution in [1.82, 2.24) is 5.32 Å². The third-order valence-corrected chi connectivity index (χ3v) is 1.39. The number of piperidine rings is 1. The van der Waals surface area contributed by atoms with Gasteiger partial charge in [0.05, 0.1) is 6.61 Å². The van der Waals surface area contributed by atoms with Crippen molar-refractivity contribution < 1.29 is 14.3 Å². The Kier molecular flexibility index (Phi) is 7.33. The zero-order chi connectivity index (χ0) is 9.23. The molecule has 0 atom stereocenters. The summed E-state index contributed by atoms with van der Waals surface area (Å²) >= 11 is 0. The van der Waals surface area contributed by atoms with E-state index in [2.05, 4.69) is 10.1 Å². The first-order chi connectivity index (χ1) is 5.81. The van der Waals surface area contributed by atoms with Crippen molar-refractivity contribution in [2.24, 2.45) is 0 Å². The van der Waals surface area contributed by atoms with E-state index < -0.39 is 0 Å². The number of amides is 1. The van der Waals surface area contributed by atoms with Gasteiger partial charge in [-0.15, -0.1) is 0 Å². The zero-order valence-electron chi connectivity index (χ0n) is 7.34. The summed E-state index contributed by atoms with van der Waals surface area (Å²) in [7, 11) is 0. The largest absolute Gasteiger partial charge is 0.468 e. The third-order valence-electron chi connectivity index (χ3n) is 1.39. The Morgan fingerprint density at radius 2 is 2.33 bits per heavy atom. The number of hydrogen-bond donors (Lipinski definition) is 1. The van der Waals surface area contributed by atoms with Gasteiger partial charge in [-0.25, -0.2) is 0 Å². The third kappa shape index (κ3) is 7.05. The topological polar surface area (TPSA) is 55.4 Å². The fourth-order valence-electron chi connectivity index (χ4n) is 0.795. The summed E-state index contributed by atoms with van der Waals surface area (Å²) in [4.78, 5) is 19.5.